The number of carbonyl (C=O) groups excluding carboxylic acids is 1. The SMILES string of the molecule is O=C(CSc1nncc2ccccc12)NC[C@H]1CCCO1. The maximum absolute atomic E-state index is 11.9. The Labute approximate surface area is 127 Å². The Balaban J connectivity index is 1.54. The zero-order valence-corrected chi connectivity index (χ0v) is 12.4. The lowest BCUT2D eigenvalue weighted by Gasteiger charge is -2.10. The van der Waals surface area contributed by atoms with E-state index in [-0.39, 0.29) is 12.0 Å². The number of rotatable bonds is 5. The molecular formula is C15H17N3O2S. The minimum absolute atomic E-state index is 0.00485. The van der Waals surface area contributed by atoms with E-state index < -0.39 is 0 Å². The van der Waals surface area contributed by atoms with Crippen LogP contribution < -0.4 is 5.32 Å². The second-order valence-electron chi connectivity index (χ2n) is 4.96. The molecule has 1 aromatic heterocycles. The van der Waals surface area contributed by atoms with E-state index in [9.17, 15) is 4.79 Å². The van der Waals surface area contributed by atoms with Crippen molar-refractivity contribution in [2.45, 2.75) is 24.0 Å². The number of ether oxygens (including phenoxy) is 1. The molecule has 1 aliphatic heterocycles. The molecule has 0 aliphatic carbocycles. The van der Waals surface area contributed by atoms with E-state index in [0.29, 0.717) is 12.3 Å². The van der Waals surface area contributed by atoms with E-state index in [1.807, 2.05) is 24.3 Å². The Morgan fingerprint density at radius 3 is 3.19 bits per heavy atom. The predicted octanol–water partition coefficient (Wildman–Crippen LogP) is 2.02. The molecule has 0 bridgehead atoms. The van der Waals surface area contributed by atoms with Gasteiger partial charge in [0.2, 0.25) is 5.91 Å². The van der Waals surface area contributed by atoms with E-state index in [1.54, 1.807) is 6.20 Å². The zero-order valence-electron chi connectivity index (χ0n) is 11.6. The van der Waals surface area contributed by atoms with Crippen molar-refractivity contribution in [2.75, 3.05) is 18.9 Å². The minimum Gasteiger partial charge on any atom is -0.376 e. The third kappa shape index (κ3) is 3.71. The second-order valence-corrected chi connectivity index (χ2v) is 5.93. The molecule has 3 rings (SSSR count). The lowest BCUT2D eigenvalue weighted by Crippen LogP contribution is -2.32. The van der Waals surface area contributed by atoms with Gasteiger partial charge in [-0.15, -0.1) is 5.10 Å². The Morgan fingerprint density at radius 2 is 2.33 bits per heavy atom. The molecule has 6 heteroatoms. The fourth-order valence-electron chi connectivity index (χ4n) is 2.33. The summed E-state index contributed by atoms with van der Waals surface area (Å²) in [5, 5.41) is 13.9. The van der Waals surface area contributed by atoms with Gasteiger partial charge in [0.05, 0.1) is 18.1 Å². The van der Waals surface area contributed by atoms with E-state index in [1.165, 1.54) is 11.8 Å². The highest BCUT2D eigenvalue weighted by atomic mass is 32.2. The lowest BCUT2D eigenvalue weighted by molar-refractivity contribution is -0.119. The van der Waals surface area contributed by atoms with Crippen LogP contribution in [0.1, 0.15) is 12.8 Å². The van der Waals surface area contributed by atoms with E-state index in [4.69, 9.17) is 4.74 Å². The van der Waals surface area contributed by atoms with Crippen molar-refractivity contribution >= 4 is 28.4 Å². The molecule has 1 fully saturated rings. The van der Waals surface area contributed by atoms with Gasteiger partial charge >= 0.3 is 0 Å². The average Bonchev–Trinajstić information content (AvgIpc) is 3.04. The molecule has 2 heterocycles. The summed E-state index contributed by atoms with van der Waals surface area (Å²) in [7, 11) is 0. The third-order valence-electron chi connectivity index (χ3n) is 3.43. The number of hydrogen-bond donors (Lipinski definition) is 1. The number of benzene rings is 1. The number of fused-ring (bicyclic) bond motifs is 1. The van der Waals surface area contributed by atoms with Crippen molar-refractivity contribution in [1.82, 2.24) is 15.5 Å². The first-order chi connectivity index (χ1) is 10.3. The molecule has 1 N–H and O–H groups in total. The molecule has 0 saturated carbocycles. The van der Waals surface area contributed by atoms with Crippen LogP contribution in [0.25, 0.3) is 10.8 Å². The largest absolute Gasteiger partial charge is 0.376 e. The second kappa shape index (κ2) is 6.87. The highest BCUT2D eigenvalue weighted by molar-refractivity contribution is 8.00. The monoisotopic (exact) mass is 303 g/mol. The van der Waals surface area contributed by atoms with E-state index >= 15 is 0 Å². The van der Waals surface area contributed by atoms with Crippen molar-refractivity contribution in [3.8, 4) is 0 Å². The highest BCUT2D eigenvalue weighted by Crippen LogP contribution is 2.24. The van der Waals surface area contributed by atoms with Crippen molar-refractivity contribution in [2.24, 2.45) is 0 Å². The molecular weight excluding hydrogens is 286 g/mol. The summed E-state index contributed by atoms with van der Waals surface area (Å²) in [5.41, 5.74) is 0. The topological polar surface area (TPSA) is 64.1 Å². The molecule has 110 valence electrons. The van der Waals surface area contributed by atoms with Gasteiger partial charge in [0, 0.05) is 23.9 Å². The van der Waals surface area contributed by atoms with Crippen LogP contribution in [-0.4, -0.2) is 41.1 Å². The van der Waals surface area contributed by atoms with Crippen LogP contribution in [0, 0.1) is 0 Å². The van der Waals surface area contributed by atoms with Gasteiger partial charge < -0.3 is 10.1 Å². The van der Waals surface area contributed by atoms with Crippen molar-refractivity contribution in [3.63, 3.8) is 0 Å². The summed E-state index contributed by atoms with van der Waals surface area (Å²) in [6.07, 6.45) is 4.02. The van der Waals surface area contributed by atoms with Crippen LogP contribution >= 0.6 is 11.8 Å². The molecule has 5 nitrogen and oxygen atoms in total. The number of thioether (sulfide) groups is 1. The molecule has 2 aromatic rings. The smallest absolute Gasteiger partial charge is 0.230 e. The Morgan fingerprint density at radius 1 is 1.43 bits per heavy atom. The summed E-state index contributed by atoms with van der Waals surface area (Å²) >= 11 is 1.41. The number of nitrogens with zero attached hydrogens (tertiary/aromatic N) is 2. The van der Waals surface area contributed by atoms with Crippen molar-refractivity contribution < 1.29 is 9.53 Å². The van der Waals surface area contributed by atoms with Crippen LogP contribution in [0.2, 0.25) is 0 Å². The summed E-state index contributed by atoms with van der Waals surface area (Å²) < 4.78 is 5.48. The van der Waals surface area contributed by atoms with Crippen molar-refractivity contribution in [3.05, 3.63) is 30.5 Å². The van der Waals surface area contributed by atoms with Gasteiger partial charge in [0.1, 0.15) is 5.03 Å². The molecule has 1 saturated heterocycles. The Bertz CT molecular complexity index is 624. The molecule has 1 amide bonds. The molecule has 0 spiro atoms. The first kappa shape index (κ1) is 14.3. The minimum atomic E-state index is 0.00485. The third-order valence-corrected chi connectivity index (χ3v) is 4.41. The number of aromatic nitrogens is 2. The quantitative estimate of drug-likeness (QED) is 0.856. The number of hydrogen-bond acceptors (Lipinski definition) is 5. The van der Waals surface area contributed by atoms with Gasteiger partial charge in [-0.3, -0.25) is 4.79 Å². The molecule has 0 unspecified atom stereocenters. The van der Waals surface area contributed by atoms with Gasteiger partial charge in [-0.25, -0.2) is 0 Å². The summed E-state index contributed by atoms with van der Waals surface area (Å²) in [4.78, 5) is 11.9. The first-order valence-corrected chi connectivity index (χ1v) is 8.03. The van der Waals surface area contributed by atoms with Gasteiger partial charge in [-0.2, -0.15) is 5.10 Å². The molecule has 21 heavy (non-hydrogen) atoms. The highest BCUT2D eigenvalue weighted by Gasteiger charge is 2.16. The molecule has 1 aliphatic rings. The van der Waals surface area contributed by atoms with Crippen LogP contribution in [-0.2, 0) is 9.53 Å². The number of carbonyl (C=O) groups is 1. The number of amides is 1. The fourth-order valence-corrected chi connectivity index (χ4v) is 3.14. The average molecular weight is 303 g/mol. The Kier molecular flexibility index (Phi) is 4.67. The van der Waals surface area contributed by atoms with Crippen LogP contribution in [0.4, 0.5) is 0 Å². The fraction of sp³-hybridized carbons (Fsp3) is 0.400. The van der Waals surface area contributed by atoms with Crippen LogP contribution in [0.15, 0.2) is 35.5 Å². The molecule has 0 radical (unpaired) electrons. The Hall–Kier alpha value is -1.66. The normalized spacial score (nSPS) is 18.0. The van der Waals surface area contributed by atoms with Gasteiger partial charge in [-0.05, 0) is 12.8 Å². The maximum Gasteiger partial charge on any atom is 0.230 e. The van der Waals surface area contributed by atoms with Crippen molar-refractivity contribution in [1.29, 1.82) is 0 Å². The first-order valence-electron chi connectivity index (χ1n) is 7.04. The summed E-state index contributed by atoms with van der Waals surface area (Å²) in [6, 6.07) is 7.92. The molecule has 1 atom stereocenters. The van der Waals surface area contributed by atoms with E-state index in [0.717, 1.165) is 35.2 Å². The zero-order chi connectivity index (χ0) is 14.5. The standard InChI is InChI=1S/C15H17N3O2S/c19-14(16-9-12-5-3-7-20-12)10-21-15-13-6-2-1-4-11(13)8-17-18-15/h1-2,4,6,8,12H,3,5,7,9-10H2,(H,16,19)/t12-/m1/s1. The predicted molar refractivity (Wildman–Crippen MR) is 82.2 cm³/mol. The van der Waals surface area contributed by atoms with Crippen LogP contribution in [0.5, 0.6) is 0 Å². The van der Waals surface area contributed by atoms with Gasteiger partial charge in [0.25, 0.3) is 0 Å². The van der Waals surface area contributed by atoms with Gasteiger partial charge in [-0.1, -0.05) is 36.0 Å². The van der Waals surface area contributed by atoms with Gasteiger partial charge in [0.15, 0.2) is 0 Å². The van der Waals surface area contributed by atoms with Crippen LogP contribution in [0.3, 0.4) is 0 Å². The van der Waals surface area contributed by atoms with E-state index in [2.05, 4.69) is 15.5 Å². The molecule has 1 aromatic carbocycles. The summed E-state index contributed by atoms with van der Waals surface area (Å²) in [6.45, 7) is 1.40. The summed E-state index contributed by atoms with van der Waals surface area (Å²) in [5.74, 6) is 0.348. The number of nitrogens with one attached hydrogen (secondary N) is 1. The maximum atomic E-state index is 11.9. The lowest BCUT2D eigenvalue weighted by atomic mass is 10.2.